The molecule has 2 amide bonds. The van der Waals surface area contributed by atoms with Crippen molar-refractivity contribution in [2.45, 2.75) is 6.54 Å². The fourth-order valence-electron chi connectivity index (χ4n) is 2.30. The molecule has 0 saturated heterocycles. The Balaban J connectivity index is 1.96. The molecule has 3 rings (SSSR count). The van der Waals surface area contributed by atoms with E-state index in [2.05, 4.69) is 0 Å². The van der Waals surface area contributed by atoms with Crippen LogP contribution in [-0.4, -0.2) is 17.6 Å². The SMILES string of the molecule is NNC(=O)c1occc1CN1C(=O)C(=O)c2ccccc21. The average molecular weight is 285 g/mol. The van der Waals surface area contributed by atoms with E-state index in [4.69, 9.17) is 10.3 Å². The second kappa shape index (κ2) is 4.88. The van der Waals surface area contributed by atoms with E-state index in [0.29, 0.717) is 16.8 Å². The van der Waals surface area contributed by atoms with Crippen molar-refractivity contribution in [2.24, 2.45) is 5.84 Å². The predicted molar refractivity (Wildman–Crippen MR) is 72.3 cm³/mol. The Morgan fingerprint density at radius 3 is 2.76 bits per heavy atom. The van der Waals surface area contributed by atoms with Crippen LogP contribution in [0.5, 0.6) is 0 Å². The Labute approximate surface area is 119 Å². The van der Waals surface area contributed by atoms with Gasteiger partial charge in [-0.25, -0.2) is 5.84 Å². The van der Waals surface area contributed by atoms with Gasteiger partial charge in [0.2, 0.25) is 0 Å². The third-order valence-corrected chi connectivity index (χ3v) is 3.29. The van der Waals surface area contributed by atoms with Crippen molar-refractivity contribution < 1.29 is 18.8 Å². The number of hydrazine groups is 1. The number of nitrogens with two attached hydrogens (primary N) is 1. The summed E-state index contributed by atoms with van der Waals surface area (Å²) in [6, 6.07) is 8.27. The van der Waals surface area contributed by atoms with E-state index >= 15 is 0 Å². The van der Waals surface area contributed by atoms with Gasteiger partial charge in [-0.3, -0.25) is 19.8 Å². The zero-order valence-electron chi connectivity index (χ0n) is 10.8. The molecule has 0 atom stereocenters. The Kier molecular flexibility index (Phi) is 3.03. The normalized spacial score (nSPS) is 13.5. The van der Waals surface area contributed by atoms with Crippen molar-refractivity contribution in [3.63, 3.8) is 0 Å². The van der Waals surface area contributed by atoms with Crippen LogP contribution >= 0.6 is 0 Å². The first-order chi connectivity index (χ1) is 10.1. The van der Waals surface area contributed by atoms with Gasteiger partial charge in [-0.15, -0.1) is 0 Å². The first kappa shape index (κ1) is 13.1. The van der Waals surface area contributed by atoms with Crippen LogP contribution in [0.25, 0.3) is 0 Å². The smallest absolute Gasteiger partial charge is 0.301 e. The first-order valence-corrected chi connectivity index (χ1v) is 6.16. The van der Waals surface area contributed by atoms with Gasteiger partial charge in [0.25, 0.3) is 11.7 Å². The summed E-state index contributed by atoms with van der Waals surface area (Å²) < 4.78 is 5.06. The molecule has 7 heteroatoms. The molecule has 2 aromatic rings. The minimum atomic E-state index is -0.628. The first-order valence-electron chi connectivity index (χ1n) is 6.16. The molecule has 3 N–H and O–H groups in total. The fourth-order valence-corrected chi connectivity index (χ4v) is 2.30. The lowest BCUT2D eigenvalue weighted by molar-refractivity contribution is -0.114. The summed E-state index contributed by atoms with van der Waals surface area (Å²) >= 11 is 0. The number of ketones is 1. The number of Topliss-reactive ketones (excluding diaryl/α,β-unsaturated/α-hetero) is 1. The molecule has 0 spiro atoms. The van der Waals surface area contributed by atoms with Crippen molar-refractivity contribution in [3.05, 3.63) is 53.5 Å². The number of nitrogens with one attached hydrogen (secondary N) is 1. The van der Waals surface area contributed by atoms with E-state index in [1.807, 2.05) is 5.43 Å². The lowest BCUT2D eigenvalue weighted by atomic mass is 10.1. The Bertz CT molecular complexity index is 750. The number of amides is 2. The highest BCUT2D eigenvalue weighted by Crippen LogP contribution is 2.30. The average Bonchev–Trinajstić information content (AvgIpc) is 3.06. The van der Waals surface area contributed by atoms with E-state index < -0.39 is 17.6 Å². The monoisotopic (exact) mass is 285 g/mol. The molecule has 0 unspecified atom stereocenters. The lowest BCUT2D eigenvalue weighted by Gasteiger charge is -2.15. The van der Waals surface area contributed by atoms with E-state index in [1.54, 1.807) is 30.3 Å². The van der Waals surface area contributed by atoms with Gasteiger partial charge >= 0.3 is 5.91 Å². The summed E-state index contributed by atoms with van der Waals surface area (Å²) in [5.74, 6) is 3.31. The number of para-hydroxylation sites is 1. The Morgan fingerprint density at radius 2 is 2.00 bits per heavy atom. The summed E-state index contributed by atoms with van der Waals surface area (Å²) in [6.45, 7) is 0.0564. The number of hydrogen-bond acceptors (Lipinski definition) is 5. The highest BCUT2D eigenvalue weighted by Gasteiger charge is 2.36. The molecular formula is C14H11N3O4. The van der Waals surface area contributed by atoms with Gasteiger partial charge in [-0.1, -0.05) is 12.1 Å². The van der Waals surface area contributed by atoms with E-state index in [-0.39, 0.29) is 12.3 Å². The van der Waals surface area contributed by atoms with Crippen LogP contribution in [0.1, 0.15) is 26.5 Å². The molecule has 0 fully saturated rings. The number of hydrogen-bond donors (Lipinski definition) is 2. The molecular weight excluding hydrogens is 274 g/mol. The third-order valence-electron chi connectivity index (χ3n) is 3.29. The Hall–Kier alpha value is -2.93. The maximum atomic E-state index is 12.1. The van der Waals surface area contributed by atoms with E-state index in [1.165, 1.54) is 11.2 Å². The molecule has 1 aromatic carbocycles. The summed E-state index contributed by atoms with van der Waals surface area (Å²) in [5, 5.41) is 0. The molecule has 0 saturated carbocycles. The van der Waals surface area contributed by atoms with Crippen LogP contribution in [0.15, 0.2) is 41.0 Å². The van der Waals surface area contributed by atoms with Crippen LogP contribution in [0.2, 0.25) is 0 Å². The molecule has 0 aliphatic carbocycles. The number of rotatable bonds is 3. The number of carbonyl (C=O) groups excluding carboxylic acids is 3. The fraction of sp³-hybridized carbons (Fsp3) is 0.0714. The van der Waals surface area contributed by atoms with Gasteiger partial charge in [0.15, 0.2) is 5.76 Å². The predicted octanol–water partition coefficient (Wildman–Crippen LogP) is 0.613. The molecule has 1 aromatic heterocycles. The topological polar surface area (TPSA) is 106 Å². The molecule has 0 radical (unpaired) electrons. The summed E-state index contributed by atoms with van der Waals surface area (Å²) in [5.41, 5.74) is 3.32. The van der Waals surface area contributed by atoms with Crippen molar-refractivity contribution in [1.29, 1.82) is 0 Å². The van der Waals surface area contributed by atoms with Crippen LogP contribution < -0.4 is 16.2 Å². The van der Waals surface area contributed by atoms with Gasteiger partial charge in [0.1, 0.15) is 0 Å². The summed E-state index contributed by atoms with van der Waals surface area (Å²) in [4.78, 5) is 36.8. The second-order valence-corrected chi connectivity index (χ2v) is 4.49. The molecule has 0 bridgehead atoms. The number of carbonyl (C=O) groups is 3. The zero-order chi connectivity index (χ0) is 15.0. The molecule has 1 aliphatic rings. The Morgan fingerprint density at radius 1 is 1.24 bits per heavy atom. The van der Waals surface area contributed by atoms with Gasteiger partial charge in [-0.05, 0) is 18.2 Å². The van der Waals surface area contributed by atoms with E-state index in [0.717, 1.165) is 0 Å². The minimum Gasteiger partial charge on any atom is -0.459 e. The molecule has 2 heterocycles. The van der Waals surface area contributed by atoms with Crippen molar-refractivity contribution >= 4 is 23.3 Å². The van der Waals surface area contributed by atoms with Crippen LogP contribution in [0.4, 0.5) is 5.69 Å². The van der Waals surface area contributed by atoms with Crippen molar-refractivity contribution in [1.82, 2.24) is 5.43 Å². The molecule has 106 valence electrons. The lowest BCUT2D eigenvalue weighted by Crippen LogP contribution is -2.32. The number of nitrogen functional groups attached to an aromatic ring is 1. The highest BCUT2D eigenvalue weighted by molar-refractivity contribution is 6.52. The van der Waals surface area contributed by atoms with Crippen LogP contribution in [0.3, 0.4) is 0 Å². The van der Waals surface area contributed by atoms with Crippen LogP contribution in [0, 0.1) is 0 Å². The second-order valence-electron chi connectivity index (χ2n) is 4.49. The largest absolute Gasteiger partial charge is 0.459 e. The molecule has 1 aliphatic heterocycles. The van der Waals surface area contributed by atoms with Gasteiger partial charge in [0, 0.05) is 5.56 Å². The minimum absolute atomic E-state index is 0.0159. The highest BCUT2D eigenvalue weighted by atomic mass is 16.3. The van der Waals surface area contributed by atoms with Gasteiger partial charge in [0.05, 0.1) is 24.1 Å². The van der Waals surface area contributed by atoms with Crippen molar-refractivity contribution in [2.75, 3.05) is 4.90 Å². The van der Waals surface area contributed by atoms with Gasteiger partial charge in [-0.2, -0.15) is 0 Å². The number of anilines is 1. The van der Waals surface area contributed by atoms with Crippen LogP contribution in [-0.2, 0) is 11.3 Å². The summed E-state index contributed by atoms with van der Waals surface area (Å²) in [7, 11) is 0. The number of furan rings is 1. The molecule has 21 heavy (non-hydrogen) atoms. The maximum absolute atomic E-state index is 12.1. The third kappa shape index (κ3) is 2.00. The number of benzene rings is 1. The number of nitrogens with zero attached hydrogens (tertiary/aromatic N) is 1. The standard InChI is InChI=1S/C14H11N3O4/c15-16-13(19)12-8(5-6-21-12)7-17-10-4-2-1-3-9(10)11(18)14(17)20/h1-6H,7,15H2,(H,16,19). The quantitative estimate of drug-likeness (QED) is 0.372. The van der Waals surface area contributed by atoms with E-state index in [9.17, 15) is 14.4 Å². The number of fused-ring (bicyclic) bond motifs is 1. The van der Waals surface area contributed by atoms with Gasteiger partial charge < -0.3 is 9.32 Å². The zero-order valence-corrected chi connectivity index (χ0v) is 10.8. The maximum Gasteiger partial charge on any atom is 0.301 e. The van der Waals surface area contributed by atoms with Crippen molar-refractivity contribution in [3.8, 4) is 0 Å². The molecule has 7 nitrogen and oxygen atoms in total. The summed E-state index contributed by atoms with van der Waals surface area (Å²) in [6.07, 6.45) is 1.33.